The number of thioether (sulfide) groups is 2. The molecule has 5 rings (SSSR count). The summed E-state index contributed by atoms with van der Waals surface area (Å²) in [5.74, 6) is -31.6. The van der Waals surface area contributed by atoms with Gasteiger partial charge >= 0.3 is 5.97 Å². The van der Waals surface area contributed by atoms with Crippen LogP contribution < -0.4 is 87.2 Å². The van der Waals surface area contributed by atoms with Gasteiger partial charge in [-0.2, -0.15) is 0 Å². The maximum Gasteiger partial charge on any atom is 0.322 e. The van der Waals surface area contributed by atoms with Crippen molar-refractivity contribution in [1.29, 1.82) is 27.0 Å². The molecule has 4 amide bonds. The summed E-state index contributed by atoms with van der Waals surface area (Å²) in [5, 5.41) is 69.2. The lowest BCUT2D eigenvalue weighted by molar-refractivity contribution is -0.138. The molecule has 0 aliphatic carbocycles. The average Bonchev–Trinajstić information content (AvgIpc) is 0.825. The van der Waals surface area contributed by atoms with E-state index in [0.717, 1.165) is 6.92 Å². The van der Waals surface area contributed by atoms with Crippen LogP contribution in [-0.2, 0) is 33.6 Å². The highest BCUT2D eigenvalue weighted by atomic mass is 32.2. The molecule has 87 heavy (non-hydrogen) atoms. The van der Waals surface area contributed by atoms with Crippen LogP contribution in [0.3, 0.4) is 0 Å². The molecule has 3 aliphatic rings. The highest BCUT2D eigenvalue weighted by Gasteiger charge is 2.41. The van der Waals surface area contributed by atoms with E-state index in [1.807, 2.05) is 0 Å². The van der Waals surface area contributed by atoms with Crippen molar-refractivity contribution in [2.45, 2.75) is 122 Å². The number of rotatable bonds is 30. The van der Waals surface area contributed by atoms with Crippen molar-refractivity contribution in [3.63, 3.8) is 0 Å². The van der Waals surface area contributed by atoms with Gasteiger partial charge < -0.3 is 81.6 Å². The number of hydrogen-bond acceptors (Lipinski definition) is 16. The molecule has 3 heterocycles. The fourth-order valence-electron chi connectivity index (χ4n) is 8.21. The van der Waals surface area contributed by atoms with Crippen molar-refractivity contribution in [2.24, 2.45) is 28.7 Å². The molecule has 2 unspecified atom stereocenters. The number of amides is 4. The number of carboxylic acid groups (broad SMARTS) is 1. The fourth-order valence-corrected chi connectivity index (χ4v) is 10.4. The number of carbonyl (C=O) groups excluding carboxylic acids is 6. The van der Waals surface area contributed by atoms with E-state index in [0.29, 0.717) is 0 Å². The first kappa shape index (κ1) is 72.8. The van der Waals surface area contributed by atoms with Gasteiger partial charge in [-0.1, -0.05) is 23.5 Å². The summed E-state index contributed by atoms with van der Waals surface area (Å²) in [6.45, 7) is -0.817. The molecule has 3 aliphatic heterocycles. The van der Waals surface area contributed by atoms with Crippen molar-refractivity contribution in [3.05, 3.63) is 46.5 Å². The van der Waals surface area contributed by atoms with Gasteiger partial charge in [-0.3, -0.25) is 71.2 Å². The maximum atomic E-state index is 16.6. The van der Waals surface area contributed by atoms with Gasteiger partial charge in [0.15, 0.2) is 87.9 Å². The summed E-state index contributed by atoms with van der Waals surface area (Å²) >= 11 is -0.682. The van der Waals surface area contributed by atoms with Crippen LogP contribution in [0.25, 0.3) is 11.1 Å². The molecule has 29 nitrogen and oxygen atoms in total. The van der Waals surface area contributed by atoms with E-state index in [2.05, 4.69) is 58.5 Å². The van der Waals surface area contributed by atoms with Gasteiger partial charge in [-0.15, -0.1) is 0 Å². The van der Waals surface area contributed by atoms with Crippen molar-refractivity contribution >= 4 is 94.5 Å². The minimum absolute atomic E-state index is 0.0205. The summed E-state index contributed by atoms with van der Waals surface area (Å²) in [6.07, 6.45) is -2.67. The van der Waals surface area contributed by atoms with E-state index in [1.54, 1.807) is 0 Å². The van der Waals surface area contributed by atoms with E-state index < -0.39 is 217 Å². The second-order valence-electron chi connectivity index (χ2n) is 19.1. The number of guanidine groups is 5. The van der Waals surface area contributed by atoms with Crippen LogP contribution in [-0.4, -0.2) is 156 Å². The molecule has 0 saturated carbocycles. The zero-order valence-electron chi connectivity index (χ0n) is 46.4. The summed E-state index contributed by atoms with van der Waals surface area (Å²) in [5.41, 5.74) is 22.4. The van der Waals surface area contributed by atoms with Crippen LogP contribution in [0.1, 0.15) is 71.1 Å². The van der Waals surface area contributed by atoms with Gasteiger partial charge in [0.1, 0.15) is 29.4 Å². The fraction of sp³-hybridized carbons (Fsp3) is 0.500. The van der Waals surface area contributed by atoms with Crippen LogP contribution >= 0.6 is 23.5 Å². The van der Waals surface area contributed by atoms with Crippen LogP contribution in [0.2, 0.25) is 0 Å². The smallest absolute Gasteiger partial charge is 0.322 e. The van der Waals surface area contributed by atoms with Crippen molar-refractivity contribution < 1.29 is 73.8 Å². The van der Waals surface area contributed by atoms with Crippen LogP contribution in [0.5, 0.6) is 0 Å². The van der Waals surface area contributed by atoms with Crippen LogP contribution in [0.15, 0.2) is 9.79 Å². The Balaban J connectivity index is 2.42. The molecule has 2 aromatic rings. The largest absolute Gasteiger partial charge is 0.480 e. The minimum Gasteiger partial charge on any atom is -0.480 e. The molecule has 27 N–H and O–H groups in total. The molecule has 0 saturated heterocycles. The first-order valence-electron chi connectivity index (χ1n) is 26.3. The molecule has 0 aromatic heterocycles. The van der Waals surface area contributed by atoms with E-state index in [9.17, 15) is 33.9 Å². The summed E-state index contributed by atoms with van der Waals surface area (Å²) < 4.78 is 130. The first-order chi connectivity index (χ1) is 40.9. The molecule has 0 spiro atoms. The van der Waals surface area contributed by atoms with Crippen molar-refractivity contribution in [2.75, 3.05) is 39.3 Å². The van der Waals surface area contributed by atoms with Gasteiger partial charge in [-0.25, -0.2) is 35.1 Å². The Morgan fingerprint density at radius 2 is 0.874 bits per heavy atom. The maximum absolute atomic E-state index is 16.6. The van der Waals surface area contributed by atoms with Gasteiger partial charge in [0.25, 0.3) is 0 Å². The third-order valence-electron chi connectivity index (χ3n) is 12.4. The minimum atomic E-state index is -2.67. The average molecular weight is 1280 g/mol. The Morgan fingerprint density at radius 3 is 1.26 bits per heavy atom. The normalized spacial score (nSPS) is 17.0. The van der Waals surface area contributed by atoms with Crippen molar-refractivity contribution in [1.82, 2.24) is 58.5 Å². The van der Waals surface area contributed by atoms with E-state index >= 15 is 39.9 Å². The lowest BCUT2D eigenvalue weighted by atomic mass is 10.0. The predicted octanol–water partition coefficient (Wildman–Crippen LogP) is -1.64. The quantitative estimate of drug-likeness (QED) is 0.0137. The summed E-state index contributed by atoms with van der Waals surface area (Å²) in [4.78, 5) is 93.3. The second kappa shape index (κ2) is 35.2. The van der Waals surface area contributed by atoms with Gasteiger partial charge in [0, 0.05) is 32.7 Å². The van der Waals surface area contributed by atoms with E-state index in [1.165, 1.54) is 0 Å². The highest BCUT2D eigenvalue weighted by Crippen LogP contribution is 2.43. The van der Waals surface area contributed by atoms with E-state index in [4.69, 9.17) is 55.7 Å². The van der Waals surface area contributed by atoms with Gasteiger partial charge in [0.05, 0.1) is 39.0 Å². The Morgan fingerprint density at radius 1 is 0.517 bits per heavy atom. The Bertz CT molecular complexity index is 2860. The topological polar surface area (TPSA) is 521 Å². The first-order valence-corrected chi connectivity index (χ1v) is 28.1. The number of benzene rings is 2. The number of fused-ring (bicyclic) bond motifs is 2. The number of carbonyl (C=O) groups is 7. The zero-order chi connectivity index (χ0) is 65.4. The van der Waals surface area contributed by atoms with Gasteiger partial charge in [-0.05, 0) is 71.1 Å². The summed E-state index contributed by atoms with van der Waals surface area (Å²) in [7, 11) is 0. The zero-order valence-corrected chi connectivity index (χ0v) is 48.0. The monoisotopic (exact) mass is 1280 g/mol. The molecule has 39 heteroatoms. The lowest BCUT2D eigenvalue weighted by Crippen LogP contribution is -2.59. The molecular weight excluding hydrogens is 1210 g/mol. The number of nitrogens with one attached hydrogen (secondary N) is 16. The molecule has 0 radical (unpaired) electrons. The molecular formula is C48H69F8N21O8S2. The lowest BCUT2D eigenvalue weighted by Gasteiger charge is -2.31. The molecule has 4 bridgehead atoms. The molecule has 2 aromatic carbocycles. The van der Waals surface area contributed by atoms with Crippen molar-refractivity contribution in [3.8, 4) is 11.1 Å². The standard InChI is InChI=1S/C48H69F8N21O8S2/c1-18(78)42-76-22(10-5-15-70-47(63)64)40(84)73-19(7-2-12-67-44(57)58)35(81)43(87-37-33(55)29(51)26(30(52)34(37)56)25-27(49)31(53)36(86-42)32(54)28(25)50)77-23(11-6-16-71-48(65)66)41(85)75-21(9-4-14-69-46(61)62)39(83)74-20(8-3-13-68-45(59)60)38(82)72-17-24(79)80/h19-23,42-43,76-77H,2-17H2,1H3,(H,72,82)(H,73,84)(H,74,83)(H,75,85)(H,79,80)(H4,57,58,67)(H4,59,60,68)(H4,61,62,69)(H4,63,64,70)(H4,65,66,71)/t19-,20-,21-,22-,23-,42?,43?/m0/s1. The SMILES string of the molecule is CC(=O)C1N[C@@H](CCCNC(=N)N)C(=O)N[C@@H](CCCNC(=N)N)C(=O)C(N[C@@H](CCCNC(=N)N)C(=O)N[C@@H](CCCNC(=N)N)C(=O)N[C@@H](CCCNC(=N)N)C(=O)NCC(=O)O)Sc2c(F)c(F)c(c(F)c2F)-c2c(F)c(F)c(c(F)c2F)S1. The van der Waals surface area contributed by atoms with E-state index in [-0.39, 0.29) is 89.4 Å². The molecule has 0 fully saturated rings. The highest BCUT2D eigenvalue weighted by molar-refractivity contribution is 8.00. The number of hydrogen-bond donors (Lipinski definition) is 22. The molecule has 7 atom stereocenters. The predicted molar refractivity (Wildman–Crippen MR) is 303 cm³/mol. The number of carboxylic acids is 1. The van der Waals surface area contributed by atoms with Gasteiger partial charge in [0.2, 0.25) is 23.6 Å². The Labute approximate surface area is 499 Å². The number of aliphatic carboxylic acids is 1. The summed E-state index contributed by atoms with van der Waals surface area (Å²) in [6, 6.07) is -8.89. The Hall–Kier alpha value is -8.46. The third kappa shape index (κ3) is 22.7. The Kier molecular flexibility index (Phi) is 29.5. The second-order valence-corrected chi connectivity index (χ2v) is 21.3. The number of ketones is 2. The third-order valence-corrected chi connectivity index (χ3v) is 14.9. The number of Topliss-reactive ketones (excluding diaryl/α,β-unsaturated/α-hetero) is 2. The number of halogens is 8. The van der Waals surface area contributed by atoms with Crippen LogP contribution in [0.4, 0.5) is 35.1 Å². The number of nitrogens with two attached hydrogens (primary N) is 5. The van der Waals surface area contributed by atoms with Crippen LogP contribution in [0, 0.1) is 73.6 Å². The molecule has 482 valence electrons.